The van der Waals surface area contributed by atoms with Gasteiger partial charge in [0.2, 0.25) is 0 Å². The first-order valence-electron chi connectivity index (χ1n) is 8.39. The third-order valence-electron chi connectivity index (χ3n) is 6.34. The second-order valence-corrected chi connectivity index (χ2v) is 7.80. The van der Waals surface area contributed by atoms with Crippen LogP contribution in [0.4, 0.5) is 0 Å². The predicted octanol–water partition coefficient (Wildman–Crippen LogP) is 3.76. The predicted molar refractivity (Wildman–Crippen MR) is 90.6 cm³/mol. The maximum absolute atomic E-state index is 12.2. The number of aromatic nitrogens is 2. The summed E-state index contributed by atoms with van der Waals surface area (Å²) in [6, 6.07) is 3.68. The van der Waals surface area contributed by atoms with E-state index in [0.29, 0.717) is 5.02 Å². The Labute approximate surface area is 145 Å². The van der Waals surface area contributed by atoms with Crippen molar-refractivity contribution in [3.63, 3.8) is 0 Å². The van der Waals surface area contributed by atoms with Gasteiger partial charge >= 0.3 is 5.97 Å². The average molecular weight is 349 g/mol. The van der Waals surface area contributed by atoms with Crippen LogP contribution in [0.15, 0.2) is 18.3 Å². The van der Waals surface area contributed by atoms with Crippen LogP contribution in [0.3, 0.4) is 0 Å². The Balaban J connectivity index is 1.67. The lowest BCUT2D eigenvalue weighted by molar-refractivity contribution is -0.168. The summed E-state index contributed by atoms with van der Waals surface area (Å²) in [6.07, 6.45) is 5.92. The molecule has 3 aliphatic carbocycles. The van der Waals surface area contributed by atoms with Crippen molar-refractivity contribution < 1.29 is 14.6 Å². The summed E-state index contributed by atoms with van der Waals surface area (Å²) < 4.78 is 5.02. The molecule has 3 saturated carbocycles. The van der Waals surface area contributed by atoms with Gasteiger partial charge in [0.25, 0.3) is 0 Å². The number of fused-ring (bicyclic) bond motifs is 4. The van der Waals surface area contributed by atoms with Crippen LogP contribution >= 0.6 is 11.6 Å². The van der Waals surface area contributed by atoms with E-state index < -0.39 is 6.10 Å². The van der Waals surface area contributed by atoms with Crippen LogP contribution in [0.5, 0.6) is 0 Å². The van der Waals surface area contributed by atoms with Crippen LogP contribution < -0.4 is 0 Å². The monoisotopic (exact) mass is 348 g/mol. The first-order valence-corrected chi connectivity index (χ1v) is 8.77. The van der Waals surface area contributed by atoms with Gasteiger partial charge in [0, 0.05) is 21.4 Å². The van der Waals surface area contributed by atoms with Crippen LogP contribution in [0.2, 0.25) is 5.02 Å². The number of aliphatic hydroxyl groups excluding tert-OH is 1. The van der Waals surface area contributed by atoms with Crippen LogP contribution in [0.1, 0.15) is 50.2 Å². The Morgan fingerprint density at radius 2 is 1.96 bits per heavy atom. The maximum atomic E-state index is 12.2. The maximum Gasteiger partial charge on any atom is 0.311 e. The number of carbonyl (C=O) groups is 1. The number of rotatable bonds is 3. The summed E-state index contributed by atoms with van der Waals surface area (Å²) in [5.74, 6) is -0.0935. The largest absolute Gasteiger partial charge is 0.469 e. The van der Waals surface area contributed by atoms with Gasteiger partial charge in [-0.05, 0) is 50.7 Å². The number of nitrogens with one attached hydrogen (secondary N) is 1. The van der Waals surface area contributed by atoms with Gasteiger partial charge in [-0.25, -0.2) is 0 Å². The summed E-state index contributed by atoms with van der Waals surface area (Å²) in [5, 5.41) is 19.8. The molecule has 1 atom stereocenters. The molecule has 0 spiro atoms. The molecule has 24 heavy (non-hydrogen) atoms. The van der Waals surface area contributed by atoms with E-state index in [0.717, 1.165) is 55.0 Å². The van der Waals surface area contributed by atoms with Crippen molar-refractivity contribution in [3.8, 4) is 0 Å². The van der Waals surface area contributed by atoms with Crippen molar-refractivity contribution in [2.45, 2.75) is 44.6 Å². The fraction of sp³-hybridized carbons (Fsp3) is 0.556. The molecular formula is C18H21ClN2O3. The molecule has 1 heterocycles. The highest BCUT2D eigenvalue weighted by Crippen LogP contribution is 2.62. The lowest BCUT2D eigenvalue weighted by Gasteiger charge is -2.53. The number of carbonyl (C=O) groups excluding carboxylic acids is 1. The molecule has 0 radical (unpaired) electrons. The van der Waals surface area contributed by atoms with Gasteiger partial charge in [-0.3, -0.25) is 9.89 Å². The molecular weight excluding hydrogens is 328 g/mol. The van der Waals surface area contributed by atoms with Crippen molar-refractivity contribution in [2.24, 2.45) is 10.8 Å². The standard InChI is InChI=1S/C18H21ClN2O3/c1-24-16(23)18-5-2-17(3-6-18,4-7-18)15(22)13-9-12(19)8-11-10-20-21-14(11)13/h8-10,15,22H,2-7H2,1H3,(H,20,21). The second-order valence-electron chi connectivity index (χ2n) is 7.37. The molecule has 5 rings (SSSR count). The molecule has 1 aromatic carbocycles. The van der Waals surface area contributed by atoms with E-state index in [9.17, 15) is 9.90 Å². The number of nitrogens with zero attached hydrogens (tertiary/aromatic N) is 1. The highest BCUT2D eigenvalue weighted by atomic mass is 35.5. The van der Waals surface area contributed by atoms with E-state index in [1.54, 1.807) is 6.20 Å². The normalized spacial score (nSPS) is 30.5. The molecule has 3 fully saturated rings. The Kier molecular flexibility index (Phi) is 3.62. The SMILES string of the molecule is COC(=O)C12CCC(C(O)c3cc(Cl)cc4cn[nH]c34)(CC1)CC2. The number of ether oxygens (including phenoxy) is 1. The van der Waals surface area contributed by atoms with Crippen molar-refractivity contribution in [1.29, 1.82) is 0 Å². The molecule has 3 aliphatic rings. The average Bonchev–Trinajstić information content (AvgIpc) is 3.09. The lowest BCUT2D eigenvalue weighted by Crippen LogP contribution is -2.48. The van der Waals surface area contributed by atoms with Crippen molar-refractivity contribution >= 4 is 28.5 Å². The van der Waals surface area contributed by atoms with Gasteiger partial charge < -0.3 is 9.84 Å². The molecule has 1 aromatic heterocycles. The number of aromatic amines is 1. The molecule has 0 aliphatic heterocycles. The van der Waals surface area contributed by atoms with Gasteiger partial charge in [-0.15, -0.1) is 0 Å². The van der Waals surface area contributed by atoms with E-state index >= 15 is 0 Å². The van der Waals surface area contributed by atoms with Crippen LogP contribution in [-0.2, 0) is 9.53 Å². The molecule has 2 aromatic rings. The minimum Gasteiger partial charge on any atom is -0.469 e. The second kappa shape index (κ2) is 5.46. The number of hydrogen-bond donors (Lipinski definition) is 2. The van der Waals surface area contributed by atoms with E-state index in [1.165, 1.54) is 7.11 Å². The smallest absolute Gasteiger partial charge is 0.311 e. The molecule has 2 bridgehead atoms. The third-order valence-corrected chi connectivity index (χ3v) is 6.56. The Bertz CT molecular complexity index is 776. The zero-order valence-electron chi connectivity index (χ0n) is 13.6. The molecule has 128 valence electrons. The van der Waals surface area contributed by atoms with E-state index in [-0.39, 0.29) is 16.8 Å². The minimum atomic E-state index is -0.616. The molecule has 0 amide bonds. The Hall–Kier alpha value is -1.59. The first kappa shape index (κ1) is 15.9. The van der Waals surface area contributed by atoms with Gasteiger partial charge in [-0.1, -0.05) is 11.6 Å². The summed E-state index contributed by atoms with van der Waals surface area (Å²) in [4.78, 5) is 12.2. The van der Waals surface area contributed by atoms with Crippen LogP contribution in [-0.4, -0.2) is 28.4 Å². The number of H-pyrrole nitrogens is 1. The molecule has 6 heteroatoms. The number of methoxy groups -OCH3 is 1. The highest BCUT2D eigenvalue weighted by molar-refractivity contribution is 6.31. The molecule has 2 N–H and O–H groups in total. The topological polar surface area (TPSA) is 75.2 Å². The third kappa shape index (κ3) is 2.18. The summed E-state index contributed by atoms with van der Waals surface area (Å²) in [7, 11) is 1.46. The van der Waals surface area contributed by atoms with Crippen molar-refractivity contribution in [1.82, 2.24) is 10.2 Å². The summed E-state index contributed by atoms with van der Waals surface area (Å²) in [6.45, 7) is 0. The van der Waals surface area contributed by atoms with Gasteiger partial charge in [-0.2, -0.15) is 5.10 Å². The van der Waals surface area contributed by atoms with E-state index in [4.69, 9.17) is 16.3 Å². The lowest BCUT2D eigenvalue weighted by atomic mass is 9.51. The zero-order chi connectivity index (χ0) is 16.9. The van der Waals surface area contributed by atoms with Crippen molar-refractivity contribution in [2.75, 3.05) is 7.11 Å². The Morgan fingerprint density at radius 1 is 1.29 bits per heavy atom. The zero-order valence-corrected chi connectivity index (χ0v) is 14.4. The Morgan fingerprint density at radius 3 is 2.58 bits per heavy atom. The number of aliphatic hydroxyl groups is 1. The van der Waals surface area contributed by atoms with E-state index in [2.05, 4.69) is 10.2 Å². The first-order chi connectivity index (χ1) is 11.5. The van der Waals surface area contributed by atoms with E-state index in [1.807, 2.05) is 12.1 Å². The fourth-order valence-corrected chi connectivity index (χ4v) is 4.98. The molecule has 5 nitrogen and oxygen atoms in total. The highest BCUT2D eigenvalue weighted by Gasteiger charge is 2.55. The van der Waals surface area contributed by atoms with Gasteiger partial charge in [0.05, 0.1) is 30.3 Å². The fourth-order valence-electron chi connectivity index (χ4n) is 4.74. The number of halogens is 1. The molecule has 1 unspecified atom stereocenters. The quantitative estimate of drug-likeness (QED) is 0.828. The number of benzene rings is 1. The summed E-state index contributed by atoms with van der Waals surface area (Å²) >= 11 is 6.23. The summed E-state index contributed by atoms with van der Waals surface area (Å²) in [5.41, 5.74) is 1.12. The van der Waals surface area contributed by atoms with Crippen LogP contribution in [0, 0.1) is 10.8 Å². The van der Waals surface area contributed by atoms with Crippen molar-refractivity contribution in [3.05, 3.63) is 28.9 Å². The van der Waals surface area contributed by atoms with Crippen LogP contribution in [0.25, 0.3) is 10.9 Å². The van der Waals surface area contributed by atoms with Gasteiger partial charge in [0.1, 0.15) is 0 Å². The minimum absolute atomic E-state index is 0.0935. The molecule has 0 saturated heterocycles. The van der Waals surface area contributed by atoms with Gasteiger partial charge in [0.15, 0.2) is 0 Å². The number of hydrogen-bond acceptors (Lipinski definition) is 4. The number of esters is 1.